The lowest BCUT2D eigenvalue weighted by Crippen LogP contribution is -2.38. The van der Waals surface area contributed by atoms with Gasteiger partial charge in [-0.1, -0.05) is 18.7 Å². The average Bonchev–Trinajstić information content (AvgIpc) is 2.87. The number of likely N-dealkylation sites (tertiary alicyclic amines) is 1. The van der Waals surface area contributed by atoms with E-state index in [9.17, 15) is 4.79 Å². The molecule has 0 saturated carbocycles. The largest absolute Gasteiger partial charge is 0.342 e. The summed E-state index contributed by atoms with van der Waals surface area (Å²) in [6.07, 6.45) is 2.22. The molecule has 1 aromatic rings. The Morgan fingerprint density at radius 1 is 1.40 bits per heavy atom. The standard InChI is InChI=1S/C13H23N5OS/c1-3-18-11(8-14)15-16-13(18)20-9-12(19)17-6-4-10(2)5-7-17/h10H,3-9,14H2,1-2H3. The molecule has 1 fully saturated rings. The van der Waals surface area contributed by atoms with Crippen molar-refractivity contribution in [2.45, 2.75) is 44.9 Å². The zero-order chi connectivity index (χ0) is 14.5. The number of hydrogen-bond acceptors (Lipinski definition) is 5. The first-order valence-corrected chi connectivity index (χ1v) is 8.17. The van der Waals surface area contributed by atoms with E-state index in [1.165, 1.54) is 11.8 Å². The summed E-state index contributed by atoms with van der Waals surface area (Å²) in [6, 6.07) is 0. The van der Waals surface area contributed by atoms with E-state index in [1.54, 1.807) is 0 Å². The van der Waals surface area contributed by atoms with Crippen LogP contribution in [0.4, 0.5) is 0 Å². The lowest BCUT2D eigenvalue weighted by Gasteiger charge is -2.30. The van der Waals surface area contributed by atoms with Crippen LogP contribution in [0.2, 0.25) is 0 Å². The van der Waals surface area contributed by atoms with E-state index in [0.717, 1.165) is 49.4 Å². The molecule has 1 saturated heterocycles. The monoisotopic (exact) mass is 297 g/mol. The average molecular weight is 297 g/mol. The summed E-state index contributed by atoms with van der Waals surface area (Å²) >= 11 is 1.45. The Balaban J connectivity index is 1.88. The van der Waals surface area contributed by atoms with Crippen LogP contribution in [0.1, 0.15) is 32.5 Å². The van der Waals surface area contributed by atoms with Gasteiger partial charge in [0.25, 0.3) is 0 Å². The predicted molar refractivity (Wildman–Crippen MR) is 79.3 cm³/mol. The number of carbonyl (C=O) groups excluding carboxylic acids is 1. The van der Waals surface area contributed by atoms with Crippen LogP contribution in [-0.4, -0.2) is 44.4 Å². The molecule has 0 spiro atoms. The van der Waals surface area contributed by atoms with Gasteiger partial charge < -0.3 is 15.2 Å². The van der Waals surface area contributed by atoms with Crippen molar-refractivity contribution in [1.29, 1.82) is 0 Å². The normalized spacial score (nSPS) is 16.6. The molecule has 0 atom stereocenters. The highest BCUT2D eigenvalue weighted by Gasteiger charge is 2.21. The van der Waals surface area contributed by atoms with Crippen molar-refractivity contribution in [1.82, 2.24) is 19.7 Å². The van der Waals surface area contributed by atoms with Crippen LogP contribution in [0, 0.1) is 5.92 Å². The molecule has 1 aliphatic rings. The molecule has 1 aliphatic heterocycles. The summed E-state index contributed by atoms with van der Waals surface area (Å²) in [4.78, 5) is 14.1. The molecule has 1 aromatic heterocycles. The molecule has 0 bridgehead atoms. The van der Waals surface area contributed by atoms with E-state index in [4.69, 9.17) is 5.73 Å². The summed E-state index contributed by atoms with van der Waals surface area (Å²) < 4.78 is 1.97. The van der Waals surface area contributed by atoms with E-state index in [1.807, 2.05) is 16.4 Å². The second-order valence-corrected chi connectivity index (χ2v) is 6.14. The maximum absolute atomic E-state index is 12.2. The van der Waals surface area contributed by atoms with E-state index >= 15 is 0 Å². The van der Waals surface area contributed by atoms with Crippen molar-refractivity contribution >= 4 is 17.7 Å². The van der Waals surface area contributed by atoms with Gasteiger partial charge in [-0.05, 0) is 25.7 Å². The first-order chi connectivity index (χ1) is 9.65. The second kappa shape index (κ2) is 7.08. The molecule has 2 N–H and O–H groups in total. The number of nitrogens with zero attached hydrogens (tertiary/aromatic N) is 4. The van der Waals surface area contributed by atoms with Gasteiger partial charge in [-0.25, -0.2) is 0 Å². The zero-order valence-corrected chi connectivity index (χ0v) is 13.0. The Morgan fingerprint density at radius 3 is 2.70 bits per heavy atom. The fraction of sp³-hybridized carbons (Fsp3) is 0.769. The van der Waals surface area contributed by atoms with Crippen molar-refractivity contribution in [2.75, 3.05) is 18.8 Å². The molecule has 0 aliphatic carbocycles. The van der Waals surface area contributed by atoms with Gasteiger partial charge >= 0.3 is 0 Å². The summed E-state index contributed by atoms with van der Waals surface area (Å²) in [6.45, 7) is 7.19. The Bertz CT molecular complexity index is 454. The number of nitrogens with two attached hydrogens (primary N) is 1. The van der Waals surface area contributed by atoms with Crippen LogP contribution < -0.4 is 5.73 Å². The van der Waals surface area contributed by atoms with Crippen molar-refractivity contribution < 1.29 is 4.79 Å². The van der Waals surface area contributed by atoms with Gasteiger partial charge in [0.05, 0.1) is 12.3 Å². The number of aromatic nitrogens is 3. The number of thioether (sulfide) groups is 1. The molecule has 0 radical (unpaired) electrons. The number of rotatable bonds is 5. The number of piperidine rings is 1. The third-order valence-electron chi connectivity index (χ3n) is 3.75. The van der Waals surface area contributed by atoms with Gasteiger partial charge in [-0.3, -0.25) is 4.79 Å². The highest BCUT2D eigenvalue weighted by molar-refractivity contribution is 7.99. The van der Waals surface area contributed by atoms with Gasteiger partial charge in [0.15, 0.2) is 5.16 Å². The van der Waals surface area contributed by atoms with Crippen molar-refractivity contribution in [3.8, 4) is 0 Å². The molecule has 7 heteroatoms. The molecule has 112 valence electrons. The maximum atomic E-state index is 12.2. The smallest absolute Gasteiger partial charge is 0.233 e. The highest BCUT2D eigenvalue weighted by atomic mass is 32.2. The lowest BCUT2D eigenvalue weighted by atomic mass is 9.99. The first kappa shape index (κ1) is 15.3. The van der Waals surface area contributed by atoms with Crippen LogP contribution in [-0.2, 0) is 17.9 Å². The molecule has 0 aromatic carbocycles. The quantitative estimate of drug-likeness (QED) is 0.824. The Hall–Kier alpha value is -1.08. The summed E-state index contributed by atoms with van der Waals surface area (Å²) in [5, 5.41) is 8.94. The molecule has 20 heavy (non-hydrogen) atoms. The maximum Gasteiger partial charge on any atom is 0.233 e. The van der Waals surface area contributed by atoms with Crippen LogP contribution in [0.15, 0.2) is 5.16 Å². The van der Waals surface area contributed by atoms with Crippen LogP contribution >= 0.6 is 11.8 Å². The molecular formula is C13H23N5OS. The van der Waals surface area contributed by atoms with E-state index in [0.29, 0.717) is 12.3 Å². The molecule has 0 unspecified atom stereocenters. The highest BCUT2D eigenvalue weighted by Crippen LogP contribution is 2.20. The molecular weight excluding hydrogens is 274 g/mol. The summed E-state index contributed by atoms with van der Waals surface area (Å²) in [7, 11) is 0. The van der Waals surface area contributed by atoms with E-state index < -0.39 is 0 Å². The van der Waals surface area contributed by atoms with E-state index in [2.05, 4.69) is 17.1 Å². The van der Waals surface area contributed by atoms with Crippen LogP contribution in [0.3, 0.4) is 0 Å². The molecule has 6 nitrogen and oxygen atoms in total. The zero-order valence-electron chi connectivity index (χ0n) is 12.2. The number of carbonyl (C=O) groups is 1. The molecule has 2 heterocycles. The van der Waals surface area contributed by atoms with Crippen molar-refractivity contribution in [2.24, 2.45) is 11.7 Å². The van der Waals surface area contributed by atoms with Gasteiger partial charge in [0.1, 0.15) is 5.82 Å². The van der Waals surface area contributed by atoms with E-state index in [-0.39, 0.29) is 5.91 Å². The SMILES string of the molecule is CCn1c(CN)nnc1SCC(=O)N1CCC(C)CC1. The third kappa shape index (κ3) is 3.52. The van der Waals surface area contributed by atoms with Crippen LogP contribution in [0.25, 0.3) is 0 Å². The number of amides is 1. The molecule has 2 rings (SSSR count). The minimum atomic E-state index is 0.196. The van der Waals surface area contributed by atoms with Crippen molar-refractivity contribution in [3.63, 3.8) is 0 Å². The second-order valence-electron chi connectivity index (χ2n) is 5.20. The fourth-order valence-electron chi connectivity index (χ4n) is 2.37. The summed E-state index contributed by atoms with van der Waals surface area (Å²) in [5.74, 6) is 2.13. The van der Waals surface area contributed by atoms with Gasteiger partial charge in [-0.2, -0.15) is 0 Å². The lowest BCUT2D eigenvalue weighted by molar-refractivity contribution is -0.129. The fourth-order valence-corrected chi connectivity index (χ4v) is 3.29. The minimum Gasteiger partial charge on any atom is -0.342 e. The minimum absolute atomic E-state index is 0.196. The summed E-state index contributed by atoms with van der Waals surface area (Å²) in [5.41, 5.74) is 5.62. The predicted octanol–water partition coefficient (Wildman–Crippen LogP) is 1.11. The molecule has 1 amide bonds. The third-order valence-corrected chi connectivity index (χ3v) is 4.70. The Morgan fingerprint density at radius 2 is 2.10 bits per heavy atom. The Labute approximate surface area is 124 Å². The Kier molecular flexibility index (Phi) is 5.42. The van der Waals surface area contributed by atoms with Gasteiger partial charge in [0.2, 0.25) is 5.91 Å². The van der Waals surface area contributed by atoms with Crippen LogP contribution in [0.5, 0.6) is 0 Å². The first-order valence-electron chi connectivity index (χ1n) is 7.18. The van der Waals surface area contributed by atoms with Gasteiger partial charge in [0, 0.05) is 19.6 Å². The van der Waals surface area contributed by atoms with Gasteiger partial charge in [-0.15, -0.1) is 10.2 Å². The van der Waals surface area contributed by atoms with Crippen molar-refractivity contribution in [3.05, 3.63) is 5.82 Å². The number of hydrogen-bond donors (Lipinski definition) is 1. The topological polar surface area (TPSA) is 77.0 Å².